The van der Waals surface area contributed by atoms with Crippen LogP contribution in [-0.4, -0.2) is 42.8 Å². The molecule has 198 valence electrons. The van der Waals surface area contributed by atoms with Crippen molar-refractivity contribution in [3.8, 4) is 17.0 Å². The highest BCUT2D eigenvalue weighted by atomic mass is 32.2. The molecule has 2 fully saturated rings. The first-order chi connectivity index (χ1) is 17.7. The normalized spacial score (nSPS) is 18.4. The Bertz CT molecular complexity index is 1380. The molecule has 2 aliphatic rings. The van der Waals surface area contributed by atoms with E-state index in [0.717, 1.165) is 46.4 Å². The maximum atomic E-state index is 12.0. The van der Waals surface area contributed by atoms with E-state index < -0.39 is 15.9 Å². The minimum Gasteiger partial charge on any atom is -0.490 e. The first kappa shape index (κ1) is 25.4. The molecule has 1 aliphatic heterocycles. The standard InChI is InChI=1S/C28H35N3O5S/c1-18(2)35-28(32)30-20-9-7-19(8-10-20)27-26(29)24-12-11-23(36-22-13-15-37(33,34)16-14-22)17-25(24)31(27)21-5-3-4-6-21/h7-12,17-18,21-22H,3-6,13-16,29H2,1-2H3,(H,30,32). The maximum absolute atomic E-state index is 12.0. The number of hydrogen-bond acceptors (Lipinski definition) is 6. The van der Waals surface area contributed by atoms with Crippen molar-refractivity contribution in [3.63, 3.8) is 0 Å². The molecule has 1 aliphatic carbocycles. The van der Waals surface area contributed by atoms with Crippen LogP contribution in [0.25, 0.3) is 22.2 Å². The van der Waals surface area contributed by atoms with Gasteiger partial charge < -0.3 is 19.8 Å². The second-order valence-corrected chi connectivity index (χ2v) is 12.7. The molecule has 8 nitrogen and oxygen atoms in total. The number of nitrogen functional groups attached to an aromatic ring is 1. The van der Waals surface area contributed by atoms with Crippen LogP contribution >= 0.6 is 0 Å². The average Bonchev–Trinajstić information content (AvgIpc) is 3.47. The van der Waals surface area contributed by atoms with Crippen LogP contribution in [0.1, 0.15) is 58.4 Å². The fourth-order valence-corrected chi connectivity index (χ4v) is 6.93. The number of nitrogens with two attached hydrogens (primary N) is 1. The van der Waals surface area contributed by atoms with Gasteiger partial charge in [0.2, 0.25) is 0 Å². The largest absolute Gasteiger partial charge is 0.490 e. The van der Waals surface area contributed by atoms with Gasteiger partial charge in [0, 0.05) is 28.7 Å². The number of ether oxygens (including phenoxy) is 2. The third kappa shape index (κ3) is 5.56. The number of sulfone groups is 1. The lowest BCUT2D eigenvalue weighted by Crippen LogP contribution is -2.30. The van der Waals surface area contributed by atoms with Crippen LogP contribution in [0.3, 0.4) is 0 Å². The number of nitrogens with zero attached hydrogens (tertiary/aromatic N) is 1. The van der Waals surface area contributed by atoms with E-state index in [1.165, 1.54) is 12.8 Å². The Morgan fingerprint density at radius 1 is 1.03 bits per heavy atom. The fourth-order valence-electron chi connectivity index (χ4n) is 5.48. The van der Waals surface area contributed by atoms with Crippen molar-refractivity contribution >= 4 is 38.2 Å². The van der Waals surface area contributed by atoms with Gasteiger partial charge in [-0.3, -0.25) is 5.32 Å². The van der Waals surface area contributed by atoms with Crippen LogP contribution in [0.2, 0.25) is 0 Å². The van der Waals surface area contributed by atoms with Crippen LogP contribution in [0.4, 0.5) is 16.2 Å². The molecule has 1 amide bonds. The molecular weight excluding hydrogens is 490 g/mol. The van der Waals surface area contributed by atoms with Gasteiger partial charge in [0.1, 0.15) is 11.9 Å². The van der Waals surface area contributed by atoms with Gasteiger partial charge in [0.05, 0.1) is 34.5 Å². The van der Waals surface area contributed by atoms with Crippen LogP contribution in [0.5, 0.6) is 5.75 Å². The van der Waals surface area contributed by atoms with Gasteiger partial charge in [-0.15, -0.1) is 0 Å². The summed E-state index contributed by atoms with van der Waals surface area (Å²) in [6.45, 7) is 3.62. The SMILES string of the molecule is CC(C)OC(=O)Nc1ccc(-c2c(N)c3ccc(OC4CCS(=O)(=O)CC4)cc3n2C2CCCC2)cc1. The zero-order valence-corrected chi connectivity index (χ0v) is 22.2. The summed E-state index contributed by atoms with van der Waals surface area (Å²) in [5, 5.41) is 3.74. The summed E-state index contributed by atoms with van der Waals surface area (Å²) >= 11 is 0. The number of anilines is 2. The van der Waals surface area contributed by atoms with E-state index >= 15 is 0 Å². The summed E-state index contributed by atoms with van der Waals surface area (Å²) < 4.78 is 37.4. The summed E-state index contributed by atoms with van der Waals surface area (Å²) in [7, 11) is -2.94. The smallest absolute Gasteiger partial charge is 0.411 e. The molecule has 0 bridgehead atoms. The zero-order chi connectivity index (χ0) is 26.2. The topological polar surface area (TPSA) is 113 Å². The Balaban J connectivity index is 1.48. The Kier molecular flexibility index (Phi) is 7.07. The van der Waals surface area contributed by atoms with Crippen LogP contribution in [0.15, 0.2) is 42.5 Å². The number of carbonyl (C=O) groups excluding carboxylic acids is 1. The molecular formula is C28H35N3O5S. The fraction of sp³-hybridized carbons (Fsp3) is 0.464. The van der Waals surface area contributed by atoms with E-state index in [1.807, 2.05) is 50.2 Å². The Morgan fingerprint density at radius 3 is 2.35 bits per heavy atom. The first-order valence-electron chi connectivity index (χ1n) is 13.1. The second-order valence-electron chi connectivity index (χ2n) is 10.4. The van der Waals surface area contributed by atoms with E-state index in [0.29, 0.717) is 24.6 Å². The maximum Gasteiger partial charge on any atom is 0.411 e. The van der Waals surface area contributed by atoms with Crippen molar-refractivity contribution in [2.45, 2.75) is 70.6 Å². The lowest BCUT2D eigenvalue weighted by molar-refractivity contribution is 0.130. The van der Waals surface area contributed by atoms with Crippen molar-refractivity contribution < 1.29 is 22.7 Å². The number of amides is 1. The summed E-state index contributed by atoms with van der Waals surface area (Å²) in [6.07, 6.45) is 4.78. The molecule has 0 radical (unpaired) electrons. The van der Waals surface area contributed by atoms with Crippen molar-refractivity contribution in [1.29, 1.82) is 0 Å². The number of nitrogens with one attached hydrogen (secondary N) is 1. The van der Waals surface area contributed by atoms with E-state index in [4.69, 9.17) is 15.2 Å². The van der Waals surface area contributed by atoms with E-state index in [9.17, 15) is 13.2 Å². The molecule has 3 N–H and O–H groups in total. The monoisotopic (exact) mass is 525 g/mol. The third-order valence-electron chi connectivity index (χ3n) is 7.26. The number of aromatic nitrogens is 1. The predicted molar refractivity (Wildman–Crippen MR) is 147 cm³/mol. The van der Waals surface area contributed by atoms with Crippen molar-refractivity contribution in [3.05, 3.63) is 42.5 Å². The molecule has 5 rings (SSSR count). The summed E-state index contributed by atoms with van der Waals surface area (Å²) in [5.74, 6) is 1.09. The molecule has 2 aromatic carbocycles. The lowest BCUT2D eigenvalue weighted by atomic mass is 10.1. The van der Waals surface area contributed by atoms with Gasteiger partial charge in [0.15, 0.2) is 9.84 Å². The summed E-state index contributed by atoms with van der Waals surface area (Å²) in [5.41, 5.74) is 11.1. The quantitative estimate of drug-likeness (QED) is 0.413. The van der Waals surface area contributed by atoms with Crippen LogP contribution in [-0.2, 0) is 14.6 Å². The Morgan fingerprint density at radius 2 is 1.70 bits per heavy atom. The average molecular weight is 526 g/mol. The summed E-state index contributed by atoms with van der Waals surface area (Å²) in [6, 6.07) is 14.0. The molecule has 0 unspecified atom stereocenters. The number of fused-ring (bicyclic) bond motifs is 1. The number of rotatable bonds is 6. The van der Waals surface area contributed by atoms with Crippen molar-refractivity contribution in [2.24, 2.45) is 0 Å². The van der Waals surface area contributed by atoms with Gasteiger partial charge in [-0.2, -0.15) is 0 Å². The molecule has 3 aromatic rings. The zero-order valence-electron chi connectivity index (χ0n) is 21.4. The minimum atomic E-state index is -2.94. The van der Waals surface area contributed by atoms with E-state index in [-0.39, 0.29) is 23.7 Å². The van der Waals surface area contributed by atoms with Crippen LogP contribution in [0, 0.1) is 0 Å². The molecule has 2 heterocycles. The van der Waals surface area contributed by atoms with Gasteiger partial charge in [0.25, 0.3) is 0 Å². The van der Waals surface area contributed by atoms with Gasteiger partial charge in [-0.1, -0.05) is 25.0 Å². The third-order valence-corrected chi connectivity index (χ3v) is 8.97. The highest BCUT2D eigenvalue weighted by Crippen LogP contribution is 2.44. The molecule has 37 heavy (non-hydrogen) atoms. The first-order valence-corrected chi connectivity index (χ1v) is 14.9. The molecule has 9 heteroatoms. The van der Waals surface area contributed by atoms with E-state index in [2.05, 4.69) is 16.0 Å². The van der Waals surface area contributed by atoms with Crippen LogP contribution < -0.4 is 15.8 Å². The molecule has 1 saturated carbocycles. The Labute approximate surface area is 218 Å². The number of benzene rings is 2. The molecule has 0 spiro atoms. The second kappa shape index (κ2) is 10.3. The van der Waals surface area contributed by atoms with E-state index in [1.54, 1.807) is 0 Å². The van der Waals surface area contributed by atoms with Crippen molar-refractivity contribution in [1.82, 2.24) is 4.57 Å². The highest BCUT2D eigenvalue weighted by Gasteiger charge is 2.27. The summed E-state index contributed by atoms with van der Waals surface area (Å²) in [4.78, 5) is 12.0. The molecule has 0 atom stereocenters. The van der Waals surface area contributed by atoms with Gasteiger partial charge in [-0.05, 0) is 63.8 Å². The molecule has 1 aromatic heterocycles. The number of carbonyl (C=O) groups is 1. The number of hydrogen-bond donors (Lipinski definition) is 2. The predicted octanol–water partition coefficient (Wildman–Crippen LogP) is 5.92. The Hall–Kier alpha value is -3.20. The van der Waals surface area contributed by atoms with Gasteiger partial charge in [-0.25, -0.2) is 13.2 Å². The lowest BCUT2D eigenvalue weighted by Gasteiger charge is -2.23. The molecule has 1 saturated heterocycles. The van der Waals surface area contributed by atoms with Gasteiger partial charge >= 0.3 is 6.09 Å². The minimum absolute atomic E-state index is 0.102. The van der Waals surface area contributed by atoms with Crippen molar-refractivity contribution in [2.75, 3.05) is 22.6 Å². The highest BCUT2D eigenvalue weighted by molar-refractivity contribution is 7.91.